The van der Waals surface area contributed by atoms with Gasteiger partial charge in [0.05, 0.1) is 36.0 Å². The Balaban J connectivity index is 1.79. The van der Waals surface area contributed by atoms with Crippen molar-refractivity contribution < 1.29 is 19.0 Å². The molecule has 1 atom stereocenters. The lowest BCUT2D eigenvalue weighted by Crippen LogP contribution is -2.48. The lowest BCUT2D eigenvalue weighted by atomic mass is 9.94. The summed E-state index contributed by atoms with van der Waals surface area (Å²) in [6.07, 6.45) is 0. The van der Waals surface area contributed by atoms with Crippen LogP contribution in [0.15, 0.2) is 53.7 Å². The van der Waals surface area contributed by atoms with E-state index in [1.807, 2.05) is 25.1 Å². The molecule has 8 heteroatoms. The number of fused-ring (bicyclic) bond motifs is 1. The van der Waals surface area contributed by atoms with E-state index in [1.54, 1.807) is 29.2 Å². The Bertz CT molecular complexity index is 1090. The van der Waals surface area contributed by atoms with E-state index in [9.17, 15) is 4.79 Å². The van der Waals surface area contributed by atoms with Crippen LogP contribution in [-0.2, 0) is 9.53 Å². The van der Waals surface area contributed by atoms with Crippen LogP contribution in [0.5, 0.6) is 11.5 Å². The number of nitrogens with one attached hydrogen (secondary N) is 1. The third-order valence-electron chi connectivity index (χ3n) is 5.05. The smallest absolute Gasteiger partial charge is 0.337 e. The zero-order valence-electron chi connectivity index (χ0n) is 16.5. The monoisotopic (exact) mass is 421 g/mol. The lowest BCUT2D eigenvalue weighted by Gasteiger charge is -2.37. The normalized spacial score (nSPS) is 17.8. The van der Waals surface area contributed by atoms with Gasteiger partial charge < -0.3 is 19.5 Å². The molecule has 0 aromatic heterocycles. The molecular weight excluding hydrogens is 402 g/mol. The standard InChI is InChI=1S/C22H19N3O4S/c1-13-19(21(26)27-2)20(15-5-3-14(12-23)4-6-15)24-22(30)25(13)16-7-8-17-18(11-16)29-10-9-28-17/h3-8,11,20H,9-10H2,1-2H3,(H,24,30)/t20-/m1/s1. The van der Waals surface area contributed by atoms with Crippen LogP contribution >= 0.6 is 12.2 Å². The Morgan fingerprint density at radius 3 is 2.57 bits per heavy atom. The minimum absolute atomic E-state index is 0.436. The number of nitriles is 1. The Morgan fingerprint density at radius 2 is 1.90 bits per heavy atom. The highest BCUT2D eigenvalue weighted by atomic mass is 32.1. The molecule has 0 aliphatic carbocycles. The second-order valence-corrected chi connectivity index (χ2v) is 7.16. The summed E-state index contributed by atoms with van der Waals surface area (Å²) in [5.41, 5.74) is 3.17. The molecule has 0 saturated heterocycles. The quantitative estimate of drug-likeness (QED) is 0.598. The SMILES string of the molecule is COC(=O)C1=C(C)N(c2ccc3c(c2)OCCO3)C(=S)N[C@@H]1c1ccc(C#N)cc1. The fourth-order valence-corrected chi connectivity index (χ4v) is 3.96. The number of allylic oxidation sites excluding steroid dienone is 1. The zero-order valence-corrected chi connectivity index (χ0v) is 17.3. The molecule has 0 fully saturated rings. The average Bonchev–Trinajstić information content (AvgIpc) is 2.78. The number of thiocarbonyl (C=S) groups is 1. The first-order valence-electron chi connectivity index (χ1n) is 9.33. The van der Waals surface area contributed by atoms with Crippen molar-refractivity contribution >= 4 is 29.0 Å². The number of benzene rings is 2. The predicted molar refractivity (Wildman–Crippen MR) is 114 cm³/mol. The molecule has 2 aromatic rings. The van der Waals surface area contributed by atoms with Gasteiger partial charge >= 0.3 is 5.97 Å². The minimum Gasteiger partial charge on any atom is -0.486 e. The summed E-state index contributed by atoms with van der Waals surface area (Å²) in [4.78, 5) is 14.5. The third kappa shape index (κ3) is 3.44. The molecule has 2 aliphatic rings. The van der Waals surface area contributed by atoms with Crippen molar-refractivity contribution in [1.82, 2.24) is 5.32 Å². The molecular formula is C22H19N3O4S. The van der Waals surface area contributed by atoms with Crippen LogP contribution in [0, 0.1) is 11.3 Å². The van der Waals surface area contributed by atoms with Gasteiger partial charge in [-0.05, 0) is 49.0 Å². The molecule has 1 N–H and O–H groups in total. The summed E-state index contributed by atoms with van der Waals surface area (Å²) < 4.78 is 16.3. The lowest BCUT2D eigenvalue weighted by molar-refractivity contribution is -0.136. The number of hydrogen-bond donors (Lipinski definition) is 1. The van der Waals surface area contributed by atoms with Gasteiger partial charge in [-0.15, -0.1) is 0 Å². The van der Waals surface area contributed by atoms with Gasteiger partial charge in [-0.2, -0.15) is 5.26 Å². The number of hydrogen-bond acceptors (Lipinski definition) is 6. The first kappa shape index (κ1) is 19.7. The van der Waals surface area contributed by atoms with Crippen molar-refractivity contribution in [2.24, 2.45) is 0 Å². The highest BCUT2D eigenvalue weighted by molar-refractivity contribution is 7.80. The average molecular weight is 421 g/mol. The summed E-state index contributed by atoms with van der Waals surface area (Å²) in [5, 5.41) is 12.7. The highest BCUT2D eigenvalue weighted by Crippen LogP contribution is 2.38. The number of rotatable bonds is 3. The largest absolute Gasteiger partial charge is 0.486 e. The van der Waals surface area contributed by atoms with Crippen LogP contribution in [-0.4, -0.2) is 31.4 Å². The minimum atomic E-state index is -0.494. The van der Waals surface area contributed by atoms with Gasteiger partial charge in [-0.25, -0.2) is 4.79 Å². The van der Waals surface area contributed by atoms with E-state index in [-0.39, 0.29) is 0 Å². The van der Waals surface area contributed by atoms with Gasteiger partial charge in [-0.1, -0.05) is 12.1 Å². The van der Waals surface area contributed by atoms with Crippen molar-refractivity contribution in [3.05, 3.63) is 64.9 Å². The van der Waals surface area contributed by atoms with Gasteiger partial charge in [0.15, 0.2) is 16.6 Å². The van der Waals surface area contributed by atoms with Gasteiger partial charge in [-0.3, -0.25) is 4.90 Å². The highest BCUT2D eigenvalue weighted by Gasteiger charge is 2.35. The molecule has 0 spiro atoms. The van der Waals surface area contributed by atoms with Crippen LogP contribution in [0.2, 0.25) is 0 Å². The maximum atomic E-state index is 12.7. The third-order valence-corrected chi connectivity index (χ3v) is 5.35. The van der Waals surface area contributed by atoms with Gasteiger partial charge in [0.25, 0.3) is 0 Å². The van der Waals surface area contributed by atoms with E-state index in [0.29, 0.717) is 46.7 Å². The van der Waals surface area contributed by atoms with E-state index >= 15 is 0 Å². The number of anilines is 1. The fraction of sp³-hybridized carbons (Fsp3) is 0.227. The number of carbonyl (C=O) groups is 1. The molecule has 2 aromatic carbocycles. The number of ether oxygens (including phenoxy) is 3. The fourth-order valence-electron chi connectivity index (χ4n) is 3.60. The number of carbonyl (C=O) groups excluding carboxylic acids is 1. The zero-order chi connectivity index (χ0) is 21.3. The maximum Gasteiger partial charge on any atom is 0.337 e. The Labute approximate surface area is 179 Å². The van der Waals surface area contributed by atoms with Crippen molar-refractivity contribution in [3.8, 4) is 17.6 Å². The first-order chi connectivity index (χ1) is 14.5. The van der Waals surface area contributed by atoms with E-state index in [2.05, 4.69) is 11.4 Å². The molecule has 0 unspecified atom stereocenters. The summed E-state index contributed by atoms with van der Waals surface area (Å²) in [6, 6.07) is 14.1. The Hall–Kier alpha value is -3.57. The molecule has 0 radical (unpaired) electrons. The van der Waals surface area contributed by atoms with Crippen LogP contribution in [0.1, 0.15) is 24.1 Å². The van der Waals surface area contributed by atoms with E-state index < -0.39 is 12.0 Å². The van der Waals surface area contributed by atoms with Crippen molar-refractivity contribution in [3.63, 3.8) is 0 Å². The molecule has 2 aliphatic heterocycles. The summed E-state index contributed by atoms with van der Waals surface area (Å²) >= 11 is 5.65. The van der Waals surface area contributed by atoms with Crippen LogP contribution in [0.3, 0.4) is 0 Å². The van der Waals surface area contributed by atoms with Crippen LogP contribution < -0.4 is 19.7 Å². The van der Waals surface area contributed by atoms with Crippen LogP contribution in [0.4, 0.5) is 5.69 Å². The topological polar surface area (TPSA) is 83.8 Å². The molecule has 4 rings (SSSR count). The van der Waals surface area contributed by atoms with Crippen molar-refractivity contribution in [1.29, 1.82) is 5.26 Å². The molecule has 0 bridgehead atoms. The Morgan fingerprint density at radius 1 is 1.20 bits per heavy atom. The molecule has 2 heterocycles. The van der Waals surface area contributed by atoms with E-state index in [4.69, 9.17) is 31.7 Å². The van der Waals surface area contributed by atoms with Gasteiger partial charge in [0.2, 0.25) is 0 Å². The summed E-state index contributed by atoms with van der Waals surface area (Å²) in [7, 11) is 1.35. The van der Waals surface area contributed by atoms with Crippen molar-refractivity contribution in [2.75, 3.05) is 25.2 Å². The van der Waals surface area contributed by atoms with Gasteiger partial charge in [0, 0.05) is 11.8 Å². The number of nitrogens with zero attached hydrogens (tertiary/aromatic N) is 2. The molecule has 7 nitrogen and oxygen atoms in total. The van der Waals surface area contributed by atoms with Crippen molar-refractivity contribution in [2.45, 2.75) is 13.0 Å². The summed E-state index contributed by atoms with van der Waals surface area (Å²) in [5.74, 6) is 0.841. The van der Waals surface area contributed by atoms with E-state index in [0.717, 1.165) is 11.3 Å². The number of methoxy groups -OCH3 is 1. The first-order valence-corrected chi connectivity index (χ1v) is 9.73. The summed E-state index contributed by atoms with van der Waals surface area (Å²) in [6.45, 7) is 2.81. The molecule has 0 saturated carbocycles. The molecule has 152 valence electrons. The number of esters is 1. The second kappa shape index (κ2) is 8.05. The van der Waals surface area contributed by atoms with Crippen LogP contribution in [0.25, 0.3) is 0 Å². The van der Waals surface area contributed by atoms with Gasteiger partial charge in [0.1, 0.15) is 13.2 Å². The molecule has 30 heavy (non-hydrogen) atoms. The van der Waals surface area contributed by atoms with E-state index in [1.165, 1.54) is 7.11 Å². The molecule has 0 amide bonds. The second-order valence-electron chi connectivity index (χ2n) is 6.77. The maximum absolute atomic E-state index is 12.7. The predicted octanol–water partition coefficient (Wildman–Crippen LogP) is 3.21. The Kier molecular flexibility index (Phi) is 5.29.